The molecule has 630 valence electrons. The Kier molecular flexibility index (Phi) is 12.4. The number of amides is 5. The second-order valence-electron chi connectivity index (χ2n) is 24.9. The summed E-state index contributed by atoms with van der Waals surface area (Å²) in [6.07, 6.45) is -13.2. The van der Waals surface area contributed by atoms with Gasteiger partial charge in [0, 0.05) is 173 Å². The van der Waals surface area contributed by atoms with E-state index in [9.17, 15) is 28.1 Å². The van der Waals surface area contributed by atoms with Crippen LogP contribution in [0, 0.1) is 97.0 Å². The van der Waals surface area contributed by atoms with Gasteiger partial charge in [0.15, 0.2) is 0 Å². The number of hydrogen-bond acceptors (Lipinski definition) is 20. The van der Waals surface area contributed by atoms with Crippen LogP contribution in [0.1, 0.15) is 178 Å². The fourth-order valence-corrected chi connectivity index (χ4v) is 11.3. The number of likely N-dealkylation sites (N-methyl/N-ethyl adjacent to an activating group) is 5. The number of aromatic nitrogens is 15. The lowest BCUT2D eigenvalue weighted by Gasteiger charge is -2.41. The Labute approximate surface area is 785 Å². The van der Waals surface area contributed by atoms with Gasteiger partial charge >= 0.3 is 29.5 Å². The first-order valence-corrected chi connectivity index (χ1v) is 34.3. The van der Waals surface area contributed by atoms with Crippen molar-refractivity contribution in [2.45, 2.75) is 131 Å². The maximum Gasteiger partial charge on any atom is 0.302 e. The summed E-state index contributed by atoms with van der Waals surface area (Å²) in [6, 6.07) is -16.6. The highest BCUT2D eigenvalue weighted by molar-refractivity contribution is 5.92. The zero-order valence-electron chi connectivity index (χ0n) is 126. The van der Waals surface area contributed by atoms with Gasteiger partial charge in [-0.1, -0.05) is 34.4 Å². The number of anilines is 5. The van der Waals surface area contributed by atoms with Crippen LogP contribution in [0.25, 0.3) is 79.4 Å². The molecule has 5 aliphatic rings. The topological polar surface area (TPSA) is 347 Å². The van der Waals surface area contributed by atoms with Crippen LogP contribution in [-0.2, 0) is 24.0 Å². The summed E-state index contributed by atoms with van der Waals surface area (Å²) in [5, 5.41) is -0.200. The molecule has 35 heteroatoms. The van der Waals surface area contributed by atoms with Gasteiger partial charge in [-0.05, 0) is 126 Å². The third-order valence-corrected chi connectivity index (χ3v) is 16.7. The van der Waals surface area contributed by atoms with Gasteiger partial charge in [0.2, 0.25) is 0 Å². The summed E-state index contributed by atoms with van der Waals surface area (Å²) >= 11 is 0. The number of nitrogens with one attached hydrogen (secondary N) is 5. The first-order chi connectivity index (χ1) is 80.9. The minimum atomic E-state index is -4.09. The predicted molar refractivity (Wildman–Crippen MR) is 463 cm³/mol. The number of fused-ring (bicyclic) bond motifs is 5. The van der Waals surface area contributed by atoms with Crippen molar-refractivity contribution in [3.63, 3.8) is 0 Å². The van der Waals surface area contributed by atoms with Crippen LogP contribution in [0.15, 0.2) is 61.8 Å². The molecule has 5 fully saturated rings. The Hall–Kier alpha value is -13.1. The number of carbonyl (C=O) groups excluding carboxylic acids is 5. The molecule has 10 atom stereocenters. The Balaban J connectivity index is 0.000000210. The minimum absolute atomic E-state index is 0.00855. The summed E-state index contributed by atoms with van der Waals surface area (Å²) < 4.78 is 508. The molecule has 5 N–H and O–H groups in total. The van der Waals surface area contributed by atoms with E-state index in [0.717, 1.165) is 88.4 Å². The Morgan fingerprint density at radius 2 is 0.633 bits per heavy atom. The Bertz CT molecular complexity index is 8680. The number of nitrogens with zero attached hydrogens (tertiary/aromatic N) is 25. The lowest BCUT2D eigenvalue weighted by molar-refractivity contribution is -0.131. The van der Waals surface area contributed by atoms with Crippen LogP contribution in [0.5, 0.6) is 0 Å². The molecule has 0 radical (unpaired) electrons. The van der Waals surface area contributed by atoms with Gasteiger partial charge in [-0.25, -0.2) is 82.7 Å². The number of rotatable bonds is 15. The van der Waals surface area contributed by atoms with E-state index >= 15 is 0 Å². The molecule has 5 amide bonds. The lowest BCUT2D eigenvalue weighted by atomic mass is 9.92. The quantitative estimate of drug-likeness (QED) is 0.0597. The summed E-state index contributed by atoms with van der Waals surface area (Å²) in [5.74, 6) is -27.4. The Morgan fingerprint density at radius 3 is 0.942 bits per heavy atom. The maximum absolute atomic E-state index is 13.1. The smallest absolute Gasteiger partial charge is 0.302 e. The zero-order valence-corrected chi connectivity index (χ0v) is 64.8. The first-order valence-electron chi connectivity index (χ1n) is 64.8. The van der Waals surface area contributed by atoms with Crippen LogP contribution in [0.2, 0.25) is 0 Å². The first kappa shape index (κ1) is 37.9. The van der Waals surface area contributed by atoms with E-state index in [4.69, 9.17) is 112 Å². The molecule has 35 nitrogen and oxygen atoms in total. The molecule has 0 unspecified atom stereocenters. The van der Waals surface area contributed by atoms with E-state index in [2.05, 4.69) is 99.0 Å². The van der Waals surface area contributed by atoms with Crippen molar-refractivity contribution in [1.29, 1.82) is 0 Å². The standard InChI is InChI=1S/5C17H22N6O/c5*1-11-5-6-23(15(24)8-18-3)9-14(11)22(4)17-13-7-12(2)21-16(13)19-10-20-17/h5*7,10-11,14H,5-6,8-9H2,1-2,4H3,(H,19,20,21)/t5*11-,14+/m11111/s1/i1D3,5D2,6D2,7D,8D2,9D2,11D,14D;5D2,6D2,7D,8D2,9D2,11D,14D;1D3,5D2,6D2,7D,8D2,9D2,14D;1D3,5D2,6D2,7D,8D2,9D2,11D;5D2,6D2,7D,8D2,9D2,14D. The number of hydrogen-bond donors (Lipinski definition) is 5. The van der Waals surface area contributed by atoms with Gasteiger partial charge in [0.1, 0.15) is 103 Å². The van der Waals surface area contributed by atoms with Crippen LogP contribution < -0.4 is 24.5 Å². The molecule has 0 spiro atoms. The van der Waals surface area contributed by atoms with E-state index in [1.165, 1.54) is 27.8 Å². The SMILES string of the molecule is [2H]c1c(C)[nH]c2ncnc(N(C)[C@@]3([2H])C([2H])([2H])N(C(=O)C([2H])([2H])[N+]#[C-])C([2H])([2H])C([2H])([2H])[C@@]3([2H])C([2H])([2H])[2H])c12.[2H]c1c(C)[nH]c2ncnc(N(C)[C@@]3([2H])C([2H])([2H])N(C(=O)C([2H])([2H])[N+]#[C-])C([2H])([2H])C([2H])([2H])[C@@]3([2H])C)c12.[2H]c1c(C)[nH]c2ncnc(N(C)[C@H]3C([2H])([2H])N(C(=O)C([2H])([2H])[N+]#[C-])C([2H])([2H])C([2H])([2H])[C@@]3([2H])C([2H])([2H])[2H])c12.[2H]c1c(C)[nH]c2ncnc(N(C)[C@]3([2H])[C@H](C([2H])([2H])[2H])C([2H])([2H])C([2H])([2H])N(C(=O)C([2H])([2H])[N+]#[C-])C3([2H])[2H])c12.[2H]c1c(C)[nH]c2ncnc(N(C)[C@]3([2H])[C@H](C)C([2H])([2H])C([2H])([2H])N(C(=O)C([2H])([2H])[N+]#[C-])C3([2H])[2H])c12. The number of aryl methyl sites for hydroxylation is 5. The van der Waals surface area contributed by atoms with E-state index in [1.54, 1.807) is 13.8 Å². The summed E-state index contributed by atoms with van der Waals surface area (Å²) in [5.41, 5.74) is 2.04. The monoisotopic (exact) mass is 1690 g/mol. The van der Waals surface area contributed by atoms with Crippen LogP contribution >= 0.6 is 0 Å². The van der Waals surface area contributed by atoms with Crippen molar-refractivity contribution < 1.29 is 108 Å². The molecule has 15 rings (SSSR count). The molecule has 0 bridgehead atoms. The molecule has 5 aliphatic heterocycles. The van der Waals surface area contributed by atoms with Gasteiger partial charge in [-0.3, -0.25) is 24.0 Å². The van der Waals surface area contributed by atoms with E-state index < -0.39 is 270 Å². The molecule has 0 aliphatic carbocycles. The molecule has 5 saturated heterocycles. The fraction of sp³-hybridized carbons (Fsp3) is 0.529. The van der Waals surface area contributed by atoms with Gasteiger partial charge in [0.25, 0.3) is 32.5 Å². The molecule has 0 saturated carbocycles. The molecule has 10 aromatic heterocycles. The second kappa shape index (κ2) is 39.4. The molecular weight excluding hydrogens is 1520 g/mol. The van der Waals surface area contributed by atoms with Gasteiger partial charge in [0.05, 0.1) is 83.1 Å². The van der Waals surface area contributed by atoms with Crippen molar-refractivity contribution in [3.8, 4) is 0 Å². The second-order valence-corrected chi connectivity index (χ2v) is 24.9. The van der Waals surface area contributed by atoms with Crippen LogP contribution in [0.4, 0.5) is 29.1 Å². The maximum atomic E-state index is 13.1. The van der Waals surface area contributed by atoms with Crippen molar-refractivity contribution in [2.24, 2.45) is 29.5 Å². The van der Waals surface area contributed by atoms with Crippen molar-refractivity contribution in [2.75, 3.05) is 157 Å². The average Bonchev–Trinajstić information content (AvgIpc) is 1.18. The highest BCUT2D eigenvalue weighted by Crippen LogP contribution is 2.36. The predicted octanol–water partition coefficient (Wildman–Crippen LogP) is 9.29. The van der Waals surface area contributed by atoms with Crippen LogP contribution in [0.3, 0.4) is 0 Å². The van der Waals surface area contributed by atoms with Crippen LogP contribution in [-0.4, -0.2) is 292 Å². The molecule has 10 aromatic rings. The van der Waals surface area contributed by atoms with Crippen molar-refractivity contribution in [3.05, 3.63) is 147 Å². The van der Waals surface area contributed by atoms with Gasteiger partial charge in [-0.15, -0.1) is 0 Å². The third kappa shape index (κ3) is 20.2. The van der Waals surface area contributed by atoms with Gasteiger partial charge < -0.3 is 98.1 Å². The fourth-order valence-electron chi connectivity index (χ4n) is 11.3. The lowest BCUT2D eigenvalue weighted by Crippen LogP contribution is -2.53. The number of likely N-dealkylation sites (tertiary alicyclic amines) is 5. The average molecular weight is 1690 g/mol. The van der Waals surface area contributed by atoms with Gasteiger partial charge in [-0.2, -0.15) is 0 Å². The van der Waals surface area contributed by atoms with E-state index in [-0.39, 0.29) is 119 Å². The summed E-state index contributed by atoms with van der Waals surface area (Å²) in [6.45, 7) is -21.8. The zero-order chi connectivity index (χ0) is 141. The number of piperidine rings is 5. The highest BCUT2D eigenvalue weighted by Gasteiger charge is 2.39. The molecule has 0 aromatic carbocycles. The number of H-pyrrole nitrogens is 5. The van der Waals surface area contributed by atoms with Crippen molar-refractivity contribution >= 4 is 114 Å². The molecular formula is C85H110N30O5. The molecule has 120 heavy (non-hydrogen) atoms. The van der Waals surface area contributed by atoms with E-state index in [1.807, 2.05) is 0 Å². The van der Waals surface area contributed by atoms with E-state index in [0.29, 0.717) is 26.9 Å². The number of aromatic amines is 5. The minimum Gasteiger partial charge on any atom is -0.354 e. The number of carbonyl (C=O) groups is 5. The summed E-state index contributed by atoms with van der Waals surface area (Å²) in [4.78, 5) is 132. The molecule has 15 heterocycles. The largest absolute Gasteiger partial charge is 0.354 e. The third-order valence-electron chi connectivity index (χ3n) is 16.7. The normalized spacial score (nSPS) is 39.8. The highest BCUT2D eigenvalue weighted by atomic mass is 16.2. The Morgan fingerprint density at radius 1 is 0.383 bits per heavy atom. The summed E-state index contributed by atoms with van der Waals surface area (Å²) in [7, 11) is 5.12. The van der Waals surface area contributed by atoms with Crippen molar-refractivity contribution in [1.82, 2.24) is 99.3 Å².